The Morgan fingerprint density at radius 2 is 2.00 bits per heavy atom. The topological polar surface area (TPSA) is 79.3 Å². The first kappa shape index (κ1) is 13.8. The molecule has 0 unspecified atom stereocenters. The van der Waals surface area contributed by atoms with E-state index in [4.69, 9.17) is 0 Å². The summed E-state index contributed by atoms with van der Waals surface area (Å²) in [5.41, 5.74) is -0.0263. The van der Waals surface area contributed by atoms with E-state index >= 15 is 0 Å². The first-order chi connectivity index (χ1) is 9.46. The molecule has 3 rings (SSSR count). The maximum absolute atomic E-state index is 11.4. The average molecular weight is 312 g/mol. The van der Waals surface area contributed by atoms with Crippen LogP contribution >= 0.6 is 11.3 Å². The second-order valence-electron chi connectivity index (χ2n) is 5.22. The van der Waals surface area contributed by atoms with Gasteiger partial charge in [-0.25, -0.2) is 13.4 Å². The minimum absolute atomic E-state index is 0.0605. The lowest BCUT2D eigenvalue weighted by atomic mass is 9.97. The van der Waals surface area contributed by atoms with Crippen molar-refractivity contribution in [3.05, 3.63) is 24.3 Å². The van der Waals surface area contributed by atoms with Gasteiger partial charge in [-0.2, -0.15) is 0 Å². The Bertz CT molecular complexity index is 677. The molecule has 1 saturated heterocycles. The van der Waals surface area contributed by atoms with Crippen LogP contribution in [0.4, 0.5) is 5.13 Å². The van der Waals surface area contributed by atoms with Gasteiger partial charge in [-0.05, 0) is 25.0 Å². The number of hydrogen-bond donors (Lipinski definition) is 2. The first-order valence-corrected chi connectivity index (χ1v) is 9.12. The quantitative estimate of drug-likeness (QED) is 0.901. The SMILES string of the molecule is O=S1(=O)CCC(O)(CNc2nc3ccccc3s2)CC1. The Morgan fingerprint density at radius 3 is 2.70 bits per heavy atom. The van der Waals surface area contributed by atoms with Gasteiger partial charge in [0.15, 0.2) is 15.0 Å². The van der Waals surface area contributed by atoms with Gasteiger partial charge < -0.3 is 10.4 Å². The number of sulfone groups is 1. The van der Waals surface area contributed by atoms with E-state index in [1.807, 2.05) is 24.3 Å². The Balaban J connectivity index is 1.67. The lowest BCUT2D eigenvalue weighted by Gasteiger charge is -2.31. The molecule has 0 radical (unpaired) electrons. The van der Waals surface area contributed by atoms with Crippen LogP contribution in [0.2, 0.25) is 0 Å². The van der Waals surface area contributed by atoms with Gasteiger partial charge >= 0.3 is 0 Å². The van der Waals surface area contributed by atoms with Crippen molar-refractivity contribution in [1.29, 1.82) is 0 Å². The monoisotopic (exact) mass is 312 g/mol. The number of nitrogens with zero attached hydrogens (tertiary/aromatic N) is 1. The summed E-state index contributed by atoms with van der Waals surface area (Å²) in [7, 11) is -2.96. The molecule has 7 heteroatoms. The molecule has 1 fully saturated rings. The number of benzene rings is 1. The van der Waals surface area contributed by atoms with E-state index in [-0.39, 0.29) is 24.3 Å². The van der Waals surface area contributed by atoms with Crippen LogP contribution in [-0.4, -0.2) is 42.2 Å². The van der Waals surface area contributed by atoms with E-state index in [9.17, 15) is 13.5 Å². The molecule has 0 bridgehead atoms. The van der Waals surface area contributed by atoms with E-state index in [0.717, 1.165) is 15.3 Å². The summed E-state index contributed by atoms with van der Waals surface area (Å²) in [5.74, 6) is 0.121. The molecule has 0 spiro atoms. The number of aliphatic hydroxyl groups is 1. The first-order valence-electron chi connectivity index (χ1n) is 6.48. The Hall–Kier alpha value is -1.18. The van der Waals surface area contributed by atoms with Gasteiger partial charge in [-0.1, -0.05) is 23.5 Å². The molecule has 1 aliphatic rings. The Kier molecular flexibility index (Phi) is 3.43. The predicted octanol–water partition coefficient (Wildman–Crippen LogP) is 1.65. The van der Waals surface area contributed by atoms with Crippen LogP contribution in [0.3, 0.4) is 0 Å². The van der Waals surface area contributed by atoms with Crippen molar-refractivity contribution in [2.75, 3.05) is 23.4 Å². The maximum atomic E-state index is 11.4. The molecule has 1 aromatic heterocycles. The number of para-hydroxylation sites is 1. The molecular weight excluding hydrogens is 296 g/mol. The molecule has 2 N–H and O–H groups in total. The highest BCUT2D eigenvalue weighted by Gasteiger charge is 2.35. The van der Waals surface area contributed by atoms with Gasteiger partial charge in [0.25, 0.3) is 0 Å². The van der Waals surface area contributed by atoms with Crippen molar-refractivity contribution in [3.63, 3.8) is 0 Å². The van der Waals surface area contributed by atoms with Gasteiger partial charge in [0, 0.05) is 6.54 Å². The van der Waals surface area contributed by atoms with Crippen LogP contribution in [0, 0.1) is 0 Å². The third-order valence-corrected chi connectivity index (χ3v) is 6.27. The average Bonchev–Trinajstić information content (AvgIpc) is 2.84. The summed E-state index contributed by atoms with van der Waals surface area (Å²) in [5, 5.41) is 14.3. The highest BCUT2D eigenvalue weighted by atomic mass is 32.2. The van der Waals surface area contributed by atoms with Crippen LogP contribution in [0.5, 0.6) is 0 Å². The third-order valence-electron chi connectivity index (χ3n) is 3.62. The Labute approximate surface area is 121 Å². The normalized spacial score (nSPS) is 20.9. The summed E-state index contributed by atoms with van der Waals surface area (Å²) in [6.07, 6.45) is 0.570. The predicted molar refractivity (Wildman–Crippen MR) is 80.9 cm³/mol. The number of thiazole rings is 1. The smallest absolute Gasteiger partial charge is 0.183 e. The number of rotatable bonds is 3. The summed E-state index contributed by atoms with van der Waals surface area (Å²) >= 11 is 1.53. The van der Waals surface area contributed by atoms with E-state index in [1.54, 1.807) is 0 Å². The minimum Gasteiger partial charge on any atom is -0.388 e. The molecule has 0 aliphatic carbocycles. The molecule has 0 saturated carbocycles. The molecule has 0 atom stereocenters. The van der Waals surface area contributed by atoms with Gasteiger partial charge in [0.1, 0.15) is 0 Å². The van der Waals surface area contributed by atoms with Gasteiger partial charge in [-0.3, -0.25) is 0 Å². The zero-order chi connectivity index (χ0) is 14.2. The fourth-order valence-corrected chi connectivity index (χ4v) is 4.73. The van der Waals surface area contributed by atoms with Crippen LogP contribution in [-0.2, 0) is 9.84 Å². The van der Waals surface area contributed by atoms with Gasteiger partial charge in [-0.15, -0.1) is 0 Å². The fourth-order valence-electron chi connectivity index (χ4n) is 2.28. The zero-order valence-corrected chi connectivity index (χ0v) is 12.5. The van der Waals surface area contributed by atoms with E-state index in [0.29, 0.717) is 6.54 Å². The lowest BCUT2D eigenvalue weighted by molar-refractivity contribution is 0.0436. The summed E-state index contributed by atoms with van der Waals surface area (Å²) in [6.45, 7) is 0.336. The van der Waals surface area contributed by atoms with Crippen molar-refractivity contribution < 1.29 is 13.5 Å². The number of hydrogen-bond acceptors (Lipinski definition) is 6. The van der Waals surface area contributed by atoms with Crippen LogP contribution in [0.15, 0.2) is 24.3 Å². The molecule has 108 valence electrons. The minimum atomic E-state index is -2.96. The number of nitrogens with one attached hydrogen (secondary N) is 1. The van der Waals surface area contributed by atoms with E-state index < -0.39 is 15.4 Å². The molecule has 1 aliphatic heterocycles. The summed E-state index contributed by atoms with van der Waals surface area (Å²) in [6, 6.07) is 7.84. The Morgan fingerprint density at radius 1 is 1.30 bits per heavy atom. The highest BCUT2D eigenvalue weighted by molar-refractivity contribution is 7.91. The van der Waals surface area contributed by atoms with Crippen molar-refractivity contribution in [1.82, 2.24) is 4.98 Å². The maximum Gasteiger partial charge on any atom is 0.183 e. The fraction of sp³-hybridized carbons (Fsp3) is 0.462. The van der Waals surface area contributed by atoms with Crippen molar-refractivity contribution in [3.8, 4) is 0 Å². The number of aromatic nitrogens is 1. The highest BCUT2D eigenvalue weighted by Crippen LogP contribution is 2.28. The van der Waals surface area contributed by atoms with E-state index in [1.165, 1.54) is 11.3 Å². The summed E-state index contributed by atoms with van der Waals surface area (Å²) in [4.78, 5) is 4.43. The van der Waals surface area contributed by atoms with Crippen molar-refractivity contribution in [2.45, 2.75) is 18.4 Å². The molecular formula is C13H16N2O3S2. The van der Waals surface area contributed by atoms with Crippen molar-refractivity contribution >= 4 is 36.5 Å². The van der Waals surface area contributed by atoms with Crippen LogP contribution in [0.1, 0.15) is 12.8 Å². The number of fused-ring (bicyclic) bond motifs is 1. The number of anilines is 1. The van der Waals surface area contributed by atoms with Crippen LogP contribution in [0.25, 0.3) is 10.2 Å². The second-order valence-corrected chi connectivity index (χ2v) is 8.55. The van der Waals surface area contributed by atoms with Gasteiger partial charge in [0.2, 0.25) is 0 Å². The summed E-state index contributed by atoms with van der Waals surface area (Å²) < 4.78 is 23.9. The molecule has 20 heavy (non-hydrogen) atoms. The van der Waals surface area contributed by atoms with Crippen molar-refractivity contribution in [2.24, 2.45) is 0 Å². The second kappa shape index (κ2) is 4.98. The molecule has 5 nitrogen and oxygen atoms in total. The zero-order valence-electron chi connectivity index (χ0n) is 10.9. The molecule has 0 amide bonds. The standard InChI is InChI=1S/C13H16N2O3S2/c16-13(5-7-20(17,18)8-6-13)9-14-12-15-10-3-1-2-4-11(10)19-12/h1-4,16H,5-9H2,(H,14,15). The van der Waals surface area contributed by atoms with Gasteiger partial charge in [0.05, 0.1) is 27.3 Å². The molecule has 2 heterocycles. The van der Waals surface area contributed by atoms with E-state index in [2.05, 4.69) is 10.3 Å². The molecule has 2 aromatic rings. The lowest BCUT2D eigenvalue weighted by Crippen LogP contribution is -2.44. The molecule has 1 aromatic carbocycles. The third kappa shape index (κ3) is 2.94. The largest absolute Gasteiger partial charge is 0.388 e. The van der Waals surface area contributed by atoms with Crippen LogP contribution < -0.4 is 5.32 Å².